The molecule has 33 heavy (non-hydrogen) atoms. The maximum absolute atomic E-state index is 12.4. The average molecular weight is 471 g/mol. The molecule has 2 aromatic carbocycles. The number of carbonyl (C=O) groups excluding carboxylic acids is 1. The number of methoxy groups -OCH3 is 3. The zero-order valence-electron chi connectivity index (χ0n) is 19.9. The Balaban J connectivity index is 1.47. The molecule has 0 atom stereocenters. The minimum Gasteiger partial charge on any atom is -0.493 e. The molecule has 0 aromatic heterocycles. The smallest absolute Gasteiger partial charge is 0.244 e. The van der Waals surface area contributed by atoms with Crippen molar-refractivity contribution in [3.05, 3.63) is 53.6 Å². The molecule has 1 aliphatic rings. The highest BCUT2D eigenvalue weighted by Crippen LogP contribution is 2.38. The average Bonchev–Trinajstić information content (AvgIpc) is 2.86. The summed E-state index contributed by atoms with van der Waals surface area (Å²) in [5, 5.41) is 3.05. The van der Waals surface area contributed by atoms with Crippen LogP contribution in [0.15, 0.2) is 47.4 Å². The second-order valence-electron chi connectivity index (χ2n) is 8.07. The van der Waals surface area contributed by atoms with E-state index < -0.39 is 0 Å². The first-order valence-electron chi connectivity index (χ1n) is 11.2. The Morgan fingerprint density at radius 2 is 1.76 bits per heavy atom. The SMILES string of the molecule is COc1cc(/C=C/C(=O)NCC2CCN(Cc3ccccc3SC)CC2)cc(OC)c1OC. The van der Waals surface area contributed by atoms with Crippen molar-refractivity contribution >= 4 is 23.7 Å². The van der Waals surface area contributed by atoms with Gasteiger partial charge in [-0.3, -0.25) is 9.69 Å². The van der Waals surface area contributed by atoms with Gasteiger partial charge in [0.05, 0.1) is 21.3 Å². The number of ether oxygens (including phenoxy) is 3. The number of rotatable bonds is 10. The molecule has 0 radical (unpaired) electrons. The molecule has 0 spiro atoms. The molecule has 1 saturated heterocycles. The first-order valence-corrected chi connectivity index (χ1v) is 12.4. The number of likely N-dealkylation sites (tertiary alicyclic amines) is 1. The Bertz CT molecular complexity index is 930. The summed E-state index contributed by atoms with van der Waals surface area (Å²) in [4.78, 5) is 16.2. The van der Waals surface area contributed by atoms with E-state index in [4.69, 9.17) is 14.2 Å². The summed E-state index contributed by atoms with van der Waals surface area (Å²) in [6.45, 7) is 3.82. The second-order valence-corrected chi connectivity index (χ2v) is 8.92. The summed E-state index contributed by atoms with van der Waals surface area (Å²) in [5.41, 5.74) is 2.20. The first-order chi connectivity index (χ1) is 16.1. The third-order valence-corrected chi connectivity index (χ3v) is 6.81. The molecule has 0 bridgehead atoms. The van der Waals surface area contributed by atoms with Crippen LogP contribution in [-0.2, 0) is 11.3 Å². The summed E-state index contributed by atoms with van der Waals surface area (Å²) in [7, 11) is 4.71. The number of thioether (sulfide) groups is 1. The van der Waals surface area contributed by atoms with Gasteiger partial charge in [-0.15, -0.1) is 11.8 Å². The quantitative estimate of drug-likeness (QED) is 0.408. The third-order valence-electron chi connectivity index (χ3n) is 5.97. The van der Waals surface area contributed by atoms with E-state index in [1.165, 1.54) is 10.5 Å². The Kier molecular flexibility index (Phi) is 9.51. The molecule has 7 heteroatoms. The van der Waals surface area contributed by atoms with Crippen LogP contribution in [0.4, 0.5) is 0 Å². The zero-order valence-corrected chi connectivity index (χ0v) is 20.7. The predicted octanol–water partition coefficient (Wildman–Crippen LogP) is 4.48. The van der Waals surface area contributed by atoms with Gasteiger partial charge in [-0.2, -0.15) is 0 Å². The van der Waals surface area contributed by atoms with Crippen LogP contribution in [0.2, 0.25) is 0 Å². The highest BCUT2D eigenvalue weighted by Gasteiger charge is 2.20. The van der Waals surface area contributed by atoms with Crippen LogP contribution >= 0.6 is 11.8 Å². The second kappa shape index (κ2) is 12.6. The van der Waals surface area contributed by atoms with Gasteiger partial charge < -0.3 is 19.5 Å². The number of amides is 1. The highest BCUT2D eigenvalue weighted by molar-refractivity contribution is 7.98. The lowest BCUT2D eigenvalue weighted by atomic mass is 9.96. The van der Waals surface area contributed by atoms with E-state index in [-0.39, 0.29) is 5.91 Å². The van der Waals surface area contributed by atoms with Gasteiger partial charge in [0.15, 0.2) is 11.5 Å². The molecule has 3 rings (SSSR count). The zero-order chi connectivity index (χ0) is 23.6. The monoisotopic (exact) mass is 470 g/mol. The van der Waals surface area contributed by atoms with E-state index in [2.05, 4.69) is 40.7 Å². The van der Waals surface area contributed by atoms with Crippen molar-refractivity contribution in [1.82, 2.24) is 10.2 Å². The maximum atomic E-state index is 12.4. The van der Waals surface area contributed by atoms with Gasteiger partial charge >= 0.3 is 0 Å². The number of hydrogen-bond acceptors (Lipinski definition) is 6. The molecule has 1 aliphatic heterocycles. The number of carbonyl (C=O) groups is 1. The van der Waals surface area contributed by atoms with E-state index in [9.17, 15) is 4.79 Å². The molecule has 0 aliphatic carbocycles. The van der Waals surface area contributed by atoms with Crippen molar-refractivity contribution in [2.45, 2.75) is 24.3 Å². The predicted molar refractivity (Wildman–Crippen MR) is 134 cm³/mol. The highest BCUT2D eigenvalue weighted by atomic mass is 32.2. The van der Waals surface area contributed by atoms with Crippen molar-refractivity contribution in [3.63, 3.8) is 0 Å². The molecule has 1 amide bonds. The Hall–Kier alpha value is -2.64. The summed E-state index contributed by atoms with van der Waals surface area (Å²) >= 11 is 1.80. The van der Waals surface area contributed by atoms with Crippen LogP contribution < -0.4 is 19.5 Å². The van der Waals surface area contributed by atoms with Crippen LogP contribution in [0, 0.1) is 5.92 Å². The van der Waals surface area contributed by atoms with Crippen molar-refractivity contribution in [1.29, 1.82) is 0 Å². The van der Waals surface area contributed by atoms with Gasteiger partial charge in [0, 0.05) is 24.1 Å². The van der Waals surface area contributed by atoms with E-state index >= 15 is 0 Å². The fourth-order valence-electron chi connectivity index (χ4n) is 4.10. The van der Waals surface area contributed by atoms with Crippen LogP contribution in [0.1, 0.15) is 24.0 Å². The topological polar surface area (TPSA) is 60.0 Å². The Labute approximate surface area is 201 Å². The van der Waals surface area contributed by atoms with Crippen molar-refractivity contribution in [2.75, 3.05) is 47.2 Å². The maximum Gasteiger partial charge on any atom is 0.244 e. The molecule has 178 valence electrons. The minimum atomic E-state index is -0.0971. The Morgan fingerprint density at radius 1 is 1.09 bits per heavy atom. The summed E-state index contributed by atoms with van der Waals surface area (Å²) in [5.74, 6) is 2.06. The Morgan fingerprint density at radius 3 is 2.36 bits per heavy atom. The minimum absolute atomic E-state index is 0.0971. The van der Waals surface area contributed by atoms with Gasteiger partial charge in [0.25, 0.3) is 0 Å². The largest absolute Gasteiger partial charge is 0.493 e. The number of nitrogens with one attached hydrogen (secondary N) is 1. The lowest BCUT2D eigenvalue weighted by Crippen LogP contribution is -2.38. The molecule has 0 unspecified atom stereocenters. The van der Waals surface area contributed by atoms with Gasteiger partial charge in [-0.1, -0.05) is 18.2 Å². The van der Waals surface area contributed by atoms with E-state index in [0.29, 0.717) is 29.7 Å². The number of hydrogen-bond donors (Lipinski definition) is 1. The number of benzene rings is 2. The third kappa shape index (κ3) is 6.92. The van der Waals surface area contributed by atoms with Gasteiger partial charge in [0.2, 0.25) is 11.7 Å². The van der Waals surface area contributed by atoms with Crippen LogP contribution in [0.5, 0.6) is 17.2 Å². The number of nitrogens with zero attached hydrogens (tertiary/aromatic N) is 1. The normalized spacial score (nSPS) is 14.9. The molecule has 1 fully saturated rings. The van der Waals surface area contributed by atoms with Crippen molar-refractivity contribution < 1.29 is 19.0 Å². The molecule has 1 heterocycles. The van der Waals surface area contributed by atoms with Gasteiger partial charge in [0.1, 0.15) is 0 Å². The van der Waals surface area contributed by atoms with E-state index in [0.717, 1.165) is 38.0 Å². The number of piperidine rings is 1. The first kappa shape index (κ1) is 25.0. The fraction of sp³-hybridized carbons (Fsp3) is 0.423. The molecule has 6 nitrogen and oxygen atoms in total. The summed E-state index contributed by atoms with van der Waals surface area (Å²) < 4.78 is 16.1. The standard InChI is InChI=1S/C26H34N2O4S/c1-30-22-15-20(16-23(31-2)26(22)32-3)9-10-25(29)27-17-19-11-13-28(14-12-19)18-21-7-5-6-8-24(21)33-4/h5-10,15-16,19H,11-14,17-18H2,1-4H3,(H,27,29)/b10-9+. The van der Waals surface area contributed by atoms with Crippen molar-refractivity contribution in [3.8, 4) is 17.2 Å². The van der Waals surface area contributed by atoms with Crippen LogP contribution in [0.25, 0.3) is 6.08 Å². The molecule has 1 N–H and O–H groups in total. The van der Waals surface area contributed by atoms with E-state index in [1.54, 1.807) is 45.2 Å². The lowest BCUT2D eigenvalue weighted by Gasteiger charge is -2.32. The van der Waals surface area contributed by atoms with Crippen LogP contribution in [0.3, 0.4) is 0 Å². The van der Waals surface area contributed by atoms with E-state index in [1.807, 2.05) is 12.1 Å². The van der Waals surface area contributed by atoms with Crippen molar-refractivity contribution in [2.24, 2.45) is 5.92 Å². The fourth-order valence-corrected chi connectivity index (χ4v) is 4.71. The van der Waals surface area contributed by atoms with Gasteiger partial charge in [-0.25, -0.2) is 0 Å². The lowest BCUT2D eigenvalue weighted by molar-refractivity contribution is -0.116. The summed E-state index contributed by atoms with van der Waals surface area (Å²) in [6, 6.07) is 12.3. The summed E-state index contributed by atoms with van der Waals surface area (Å²) in [6.07, 6.45) is 7.63. The molecular formula is C26H34N2O4S. The van der Waals surface area contributed by atoms with Gasteiger partial charge in [-0.05, 0) is 73.5 Å². The molecule has 0 saturated carbocycles. The van der Waals surface area contributed by atoms with Crippen LogP contribution in [-0.4, -0.2) is 58.0 Å². The molecular weight excluding hydrogens is 436 g/mol. The molecule has 2 aromatic rings.